The molecule has 2 heterocycles. The topological polar surface area (TPSA) is 32.3 Å². The SMILES string of the molecule is CC(C)NC1CCN(CCc2ccc(Br)s2)C1=O. The van der Waals surface area contributed by atoms with Gasteiger partial charge in [-0.3, -0.25) is 4.79 Å². The van der Waals surface area contributed by atoms with Crippen molar-refractivity contribution < 1.29 is 4.79 Å². The molecule has 1 aliphatic heterocycles. The highest BCUT2D eigenvalue weighted by atomic mass is 79.9. The van der Waals surface area contributed by atoms with Crippen LogP contribution >= 0.6 is 27.3 Å². The highest BCUT2D eigenvalue weighted by Gasteiger charge is 2.31. The second-order valence-electron chi connectivity index (χ2n) is 4.94. The van der Waals surface area contributed by atoms with E-state index in [2.05, 4.69) is 47.2 Å². The Balaban J connectivity index is 1.82. The number of hydrogen-bond acceptors (Lipinski definition) is 3. The van der Waals surface area contributed by atoms with Crippen LogP contribution in [0.5, 0.6) is 0 Å². The Morgan fingerprint density at radius 2 is 2.33 bits per heavy atom. The third-order valence-electron chi connectivity index (χ3n) is 3.09. The maximum atomic E-state index is 12.1. The number of thiophene rings is 1. The molecule has 0 spiro atoms. The number of nitrogens with one attached hydrogen (secondary N) is 1. The largest absolute Gasteiger partial charge is 0.341 e. The van der Waals surface area contributed by atoms with Crippen LogP contribution in [0.15, 0.2) is 15.9 Å². The Morgan fingerprint density at radius 1 is 1.56 bits per heavy atom. The fourth-order valence-electron chi connectivity index (χ4n) is 2.25. The molecule has 1 saturated heterocycles. The molecular weight excluding hydrogens is 312 g/mol. The van der Waals surface area contributed by atoms with Crippen molar-refractivity contribution in [3.05, 3.63) is 20.8 Å². The maximum Gasteiger partial charge on any atom is 0.239 e. The second-order valence-corrected chi connectivity index (χ2v) is 7.49. The van der Waals surface area contributed by atoms with Gasteiger partial charge in [0.05, 0.1) is 9.83 Å². The minimum Gasteiger partial charge on any atom is -0.341 e. The molecular formula is C13H19BrN2OS. The van der Waals surface area contributed by atoms with Crippen molar-refractivity contribution in [3.8, 4) is 0 Å². The molecule has 1 amide bonds. The third-order valence-corrected chi connectivity index (χ3v) is 4.77. The lowest BCUT2D eigenvalue weighted by molar-refractivity contribution is -0.129. The van der Waals surface area contributed by atoms with Gasteiger partial charge in [-0.05, 0) is 40.9 Å². The van der Waals surface area contributed by atoms with Gasteiger partial charge in [0.15, 0.2) is 0 Å². The number of carbonyl (C=O) groups is 1. The predicted molar refractivity (Wildman–Crippen MR) is 79.0 cm³/mol. The molecule has 1 aromatic rings. The minimum absolute atomic E-state index is 0.0278. The number of carbonyl (C=O) groups excluding carboxylic acids is 1. The number of nitrogens with zero attached hydrogens (tertiary/aromatic N) is 1. The molecule has 3 nitrogen and oxygen atoms in total. The maximum absolute atomic E-state index is 12.1. The zero-order valence-corrected chi connectivity index (χ0v) is 13.2. The molecule has 0 saturated carbocycles. The van der Waals surface area contributed by atoms with Crippen LogP contribution in [0.1, 0.15) is 25.1 Å². The van der Waals surface area contributed by atoms with Gasteiger partial charge in [0.1, 0.15) is 0 Å². The van der Waals surface area contributed by atoms with E-state index >= 15 is 0 Å². The van der Waals surface area contributed by atoms with Crippen LogP contribution < -0.4 is 5.32 Å². The molecule has 100 valence electrons. The highest BCUT2D eigenvalue weighted by molar-refractivity contribution is 9.11. The summed E-state index contributed by atoms with van der Waals surface area (Å²) in [6, 6.07) is 4.58. The van der Waals surface area contributed by atoms with Crippen LogP contribution in [-0.4, -0.2) is 36.0 Å². The molecule has 5 heteroatoms. The van der Waals surface area contributed by atoms with Crippen LogP contribution in [0.2, 0.25) is 0 Å². The second kappa shape index (κ2) is 6.17. The summed E-state index contributed by atoms with van der Waals surface area (Å²) in [5.74, 6) is 0.263. The Kier molecular flexibility index (Phi) is 4.81. The summed E-state index contributed by atoms with van der Waals surface area (Å²) in [7, 11) is 0. The zero-order valence-electron chi connectivity index (χ0n) is 10.8. The quantitative estimate of drug-likeness (QED) is 0.900. The molecule has 1 atom stereocenters. The summed E-state index contributed by atoms with van der Waals surface area (Å²) in [5.41, 5.74) is 0. The molecule has 1 fully saturated rings. The van der Waals surface area contributed by atoms with Crippen molar-refractivity contribution in [1.82, 2.24) is 10.2 Å². The van der Waals surface area contributed by atoms with Gasteiger partial charge in [0.2, 0.25) is 5.91 Å². The lowest BCUT2D eigenvalue weighted by Crippen LogP contribution is -2.41. The summed E-state index contributed by atoms with van der Waals surface area (Å²) in [4.78, 5) is 15.4. The number of halogens is 1. The first kappa shape index (κ1) is 14.0. The standard InChI is InChI=1S/C13H19BrN2OS/c1-9(2)15-11-6-8-16(13(11)17)7-5-10-3-4-12(14)18-10/h3-4,9,11,15H,5-8H2,1-2H3. The van der Waals surface area contributed by atoms with E-state index in [9.17, 15) is 4.79 Å². The Hall–Kier alpha value is -0.390. The van der Waals surface area contributed by atoms with Crippen LogP contribution in [0.25, 0.3) is 0 Å². The normalized spacial score (nSPS) is 20.1. The first-order valence-corrected chi connectivity index (χ1v) is 7.96. The Labute approximate surface area is 121 Å². The van der Waals surface area contributed by atoms with Crippen LogP contribution in [0.3, 0.4) is 0 Å². The van der Waals surface area contributed by atoms with Crippen molar-refractivity contribution in [2.24, 2.45) is 0 Å². The predicted octanol–water partition coefficient (Wildman–Crippen LogP) is 2.65. The van der Waals surface area contributed by atoms with Gasteiger partial charge in [-0.15, -0.1) is 11.3 Å². The summed E-state index contributed by atoms with van der Waals surface area (Å²) < 4.78 is 1.16. The van der Waals surface area contributed by atoms with E-state index < -0.39 is 0 Å². The zero-order chi connectivity index (χ0) is 13.1. The first-order chi connectivity index (χ1) is 8.56. The molecule has 0 bridgehead atoms. The third kappa shape index (κ3) is 3.56. The van der Waals surface area contributed by atoms with E-state index in [-0.39, 0.29) is 11.9 Å². The molecule has 1 aromatic heterocycles. The lowest BCUT2D eigenvalue weighted by Gasteiger charge is -2.18. The van der Waals surface area contributed by atoms with Gasteiger partial charge in [0.25, 0.3) is 0 Å². The smallest absolute Gasteiger partial charge is 0.239 e. The molecule has 1 unspecified atom stereocenters. The fraction of sp³-hybridized carbons (Fsp3) is 0.615. The van der Waals surface area contributed by atoms with Crippen molar-refractivity contribution >= 4 is 33.2 Å². The minimum atomic E-state index is 0.0278. The Morgan fingerprint density at radius 3 is 2.94 bits per heavy atom. The van der Waals surface area contributed by atoms with Crippen molar-refractivity contribution in [3.63, 3.8) is 0 Å². The van der Waals surface area contributed by atoms with Gasteiger partial charge >= 0.3 is 0 Å². The van der Waals surface area contributed by atoms with Crippen LogP contribution in [0, 0.1) is 0 Å². The first-order valence-electron chi connectivity index (χ1n) is 6.35. The average Bonchev–Trinajstić information content (AvgIpc) is 2.85. The molecule has 18 heavy (non-hydrogen) atoms. The van der Waals surface area contributed by atoms with Gasteiger partial charge in [0, 0.05) is 24.0 Å². The molecule has 0 radical (unpaired) electrons. The summed E-state index contributed by atoms with van der Waals surface area (Å²) in [5, 5.41) is 3.33. The van der Waals surface area contributed by atoms with Gasteiger partial charge in [-0.1, -0.05) is 13.8 Å². The lowest BCUT2D eigenvalue weighted by atomic mass is 10.2. The van der Waals surface area contributed by atoms with E-state index in [1.807, 2.05) is 4.90 Å². The molecule has 0 aliphatic carbocycles. The number of likely N-dealkylation sites (tertiary alicyclic amines) is 1. The Bertz CT molecular complexity index is 419. The number of rotatable bonds is 5. The van der Waals surface area contributed by atoms with E-state index in [0.717, 1.165) is 29.7 Å². The van der Waals surface area contributed by atoms with E-state index in [1.165, 1.54) is 4.88 Å². The van der Waals surface area contributed by atoms with Gasteiger partial charge in [-0.2, -0.15) is 0 Å². The molecule has 1 aliphatic rings. The van der Waals surface area contributed by atoms with E-state index in [4.69, 9.17) is 0 Å². The molecule has 0 aromatic carbocycles. The number of hydrogen-bond donors (Lipinski definition) is 1. The summed E-state index contributed by atoms with van der Waals surface area (Å²) in [6.07, 6.45) is 1.89. The summed E-state index contributed by atoms with van der Waals surface area (Å²) >= 11 is 5.21. The van der Waals surface area contributed by atoms with Crippen molar-refractivity contribution in [1.29, 1.82) is 0 Å². The van der Waals surface area contributed by atoms with E-state index in [1.54, 1.807) is 11.3 Å². The van der Waals surface area contributed by atoms with Crippen LogP contribution in [-0.2, 0) is 11.2 Å². The highest BCUT2D eigenvalue weighted by Crippen LogP contribution is 2.23. The molecule has 1 N–H and O–H groups in total. The monoisotopic (exact) mass is 330 g/mol. The van der Waals surface area contributed by atoms with Crippen molar-refractivity contribution in [2.75, 3.05) is 13.1 Å². The van der Waals surface area contributed by atoms with E-state index in [0.29, 0.717) is 6.04 Å². The molecule has 2 rings (SSSR count). The summed E-state index contributed by atoms with van der Waals surface area (Å²) in [6.45, 7) is 5.88. The van der Waals surface area contributed by atoms with Crippen molar-refractivity contribution in [2.45, 2.75) is 38.8 Å². The van der Waals surface area contributed by atoms with Gasteiger partial charge < -0.3 is 10.2 Å². The van der Waals surface area contributed by atoms with Gasteiger partial charge in [-0.25, -0.2) is 0 Å². The average molecular weight is 331 g/mol. The number of amides is 1. The fourth-order valence-corrected chi connectivity index (χ4v) is 3.72. The van der Waals surface area contributed by atoms with Crippen LogP contribution in [0.4, 0.5) is 0 Å².